The van der Waals surface area contributed by atoms with E-state index in [1.807, 2.05) is 17.9 Å². The average Bonchev–Trinajstić information content (AvgIpc) is 3.47. The maximum absolute atomic E-state index is 12.2. The minimum atomic E-state index is 0.311. The van der Waals surface area contributed by atoms with Gasteiger partial charge in [-0.25, -0.2) is 4.98 Å². The van der Waals surface area contributed by atoms with Crippen molar-refractivity contribution in [3.63, 3.8) is 0 Å². The van der Waals surface area contributed by atoms with E-state index in [1.54, 1.807) is 0 Å². The Morgan fingerprint density at radius 1 is 1.04 bits per heavy atom. The van der Waals surface area contributed by atoms with Gasteiger partial charge in [0.25, 0.3) is 0 Å². The second-order valence-corrected chi connectivity index (χ2v) is 6.85. The van der Waals surface area contributed by atoms with E-state index in [0.29, 0.717) is 11.8 Å². The third kappa shape index (κ3) is 3.31. The molecule has 1 aromatic rings. The fourth-order valence-corrected chi connectivity index (χ4v) is 3.35. The van der Waals surface area contributed by atoms with Crippen LogP contribution in [0.4, 0.5) is 11.8 Å². The quantitative estimate of drug-likeness (QED) is 0.812. The van der Waals surface area contributed by atoms with Crippen LogP contribution in [-0.4, -0.2) is 73.3 Å². The number of aryl methyl sites for hydroxylation is 1. The zero-order valence-corrected chi connectivity index (χ0v) is 14.3. The van der Waals surface area contributed by atoms with Crippen molar-refractivity contribution in [2.45, 2.75) is 19.8 Å². The van der Waals surface area contributed by atoms with Gasteiger partial charge in [-0.05, 0) is 19.8 Å². The van der Waals surface area contributed by atoms with Crippen LogP contribution in [0.5, 0.6) is 0 Å². The summed E-state index contributed by atoms with van der Waals surface area (Å²) in [6.45, 7) is 8.44. The van der Waals surface area contributed by atoms with Crippen LogP contribution in [0.15, 0.2) is 6.07 Å². The number of carbonyl (C=O) groups is 1. The van der Waals surface area contributed by atoms with Gasteiger partial charge >= 0.3 is 0 Å². The number of piperazine rings is 1. The molecule has 0 aromatic carbocycles. The smallest absolute Gasteiger partial charge is 0.227 e. The van der Waals surface area contributed by atoms with Gasteiger partial charge in [-0.3, -0.25) is 4.79 Å². The minimum Gasteiger partial charge on any atom is -0.378 e. The Balaban J connectivity index is 1.44. The van der Waals surface area contributed by atoms with Gasteiger partial charge in [0.1, 0.15) is 5.82 Å². The number of nitrogens with zero attached hydrogens (tertiary/aromatic N) is 5. The number of carbonyl (C=O) groups excluding carboxylic acids is 1. The molecule has 0 spiro atoms. The zero-order valence-electron chi connectivity index (χ0n) is 14.3. The van der Waals surface area contributed by atoms with Crippen LogP contribution in [0, 0.1) is 12.8 Å². The Hall–Kier alpha value is -1.89. The van der Waals surface area contributed by atoms with E-state index < -0.39 is 0 Å². The first-order valence-electron chi connectivity index (χ1n) is 8.93. The number of hydrogen-bond donors (Lipinski definition) is 0. The molecule has 0 atom stereocenters. The molecule has 1 aromatic heterocycles. The maximum atomic E-state index is 12.2. The van der Waals surface area contributed by atoms with E-state index >= 15 is 0 Å². The molecule has 0 unspecified atom stereocenters. The molecule has 1 aliphatic carbocycles. The lowest BCUT2D eigenvalue weighted by atomic mass is 10.2. The fraction of sp³-hybridized carbons (Fsp3) is 0.706. The van der Waals surface area contributed by atoms with Gasteiger partial charge in [0.15, 0.2) is 0 Å². The first-order chi connectivity index (χ1) is 11.7. The van der Waals surface area contributed by atoms with E-state index in [0.717, 1.165) is 82.8 Å². The van der Waals surface area contributed by atoms with E-state index in [4.69, 9.17) is 9.72 Å². The molecule has 0 bridgehead atoms. The first kappa shape index (κ1) is 15.6. The van der Waals surface area contributed by atoms with Crippen LogP contribution in [-0.2, 0) is 9.53 Å². The largest absolute Gasteiger partial charge is 0.378 e. The van der Waals surface area contributed by atoms with Gasteiger partial charge in [-0.15, -0.1) is 0 Å². The summed E-state index contributed by atoms with van der Waals surface area (Å²) >= 11 is 0. The van der Waals surface area contributed by atoms with E-state index in [9.17, 15) is 4.79 Å². The zero-order chi connectivity index (χ0) is 16.5. The molecule has 1 saturated carbocycles. The van der Waals surface area contributed by atoms with E-state index in [2.05, 4.69) is 14.8 Å². The van der Waals surface area contributed by atoms with Crippen LogP contribution in [0.3, 0.4) is 0 Å². The molecule has 3 aliphatic rings. The van der Waals surface area contributed by atoms with Crippen LogP contribution < -0.4 is 9.80 Å². The lowest BCUT2D eigenvalue weighted by molar-refractivity contribution is -0.132. The third-order valence-electron chi connectivity index (χ3n) is 4.96. The molecule has 24 heavy (non-hydrogen) atoms. The molecule has 2 aliphatic heterocycles. The number of hydrogen-bond acceptors (Lipinski definition) is 6. The highest BCUT2D eigenvalue weighted by Crippen LogP contribution is 2.31. The molecule has 4 rings (SSSR count). The van der Waals surface area contributed by atoms with Crippen LogP contribution >= 0.6 is 0 Å². The lowest BCUT2D eigenvalue weighted by Crippen LogP contribution is -2.49. The van der Waals surface area contributed by atoms with Gasteiger partial charge in [0.2, 0.25) is 11.9 Å². The van der Waals surface area contributed by atoms with Crippen molar-refractivity contribution in [3.05, 3.63) is 11.8 Å². The number of amides is 1. The lowest BCUT2D eigenvalue weighted by Gasteiger charge is -2.36. The normalized spacial score (nSPS) is 22.0. The van der Waals surface area contributed by atoms with E-state index in [1.165, 1.54) is 0 Å². The van der Waals surface area contributed by atoms with Gasteiger partial charge in [-0.1, -0.05) is 0 Å². The Kier molecular flexibility index (Phi) is 4.26. The van der Waals surface area contributed by atoms with Crippen molar-refractivity contribution in [3.8, 4) is 0 Å². The van der Waals surface area contributed by atoms with Crippen LogP contribution in [0.25, 0.3) is 0 Å². The average molecular weight is 331 g/mol. The monoisotopic (exact) mass is 331 g/mol. The molecular formula is C17H25N5O2. The number of anilines is 2. The molecule has 2 saturated heterocycles. The molecule has 3 fully saturated rings. The molecule has 7 heteroatoms. The maximum Gasteiger partial charge on any atom is 0.227 e. The standard InChI is InChI=1S/C17H25N5O2/c1-13-12-15(19-17(18-13)22-8-10-24-11-9-22)20-4-6-21(7-5-20)16(23)14-2-3-14/h12,14H,2-11H2,1H3. The fourth-order valence-electron chi connectivity index (χ4n) is 3.35. The number of aromatic nitrogens is 2. The predicted molar refractivity (Wildman–Crippen MR) is 91.3 cm³/mol. The Bertz CT molecular complexity index is 605. The second-order valence-electron chi connectivity index (χ2n) is 6.85. The minimum absolute atomic E-state index is 0.311. The summed E-state index contributed by atoms with van der Waals surface area (Å²) in [4.78, 5) is 28.0. The Morgan fingerprint density at radius 3 is 2.42 bits per heavy atom. The van der Waals surface area contributed by atoms with Crippen molar-refractivity contribution in [2.75, 3.05) is 62.3 Å². The van der Waals surface area contributed by atoms with Gasteiger partial charge in [0, 0.05) is 56.9 Å². The van der Waals surface area contributed by atoms with Crippen molar-refractivity contribution >= 4 is 17.7 Å². The second kappa shape index (κ2) is 6.55. The summed E-state index contributed by atoms with van der Waals surface area (Å²) in [6.07, 6.45) is 2.15. The number of morpholine rings is 1. The number of ether oxygens (including phenoxy) is 1. The summed E-state index contributed by atoms with van der Waals surface area (Å²) < 4.78 is 5.41. The highest BCUT2D eigenvalue weighted by molar-refractivity contribution is 5.81. The van der Waals surface area contributed by atoms with Crippen molar-refractivity contribution in [1.82, 2.24) is 14.9 Å². The van der Waals surface area contributed by atoms with Crippen molar-refractivity contribution in [1.29, 1.82) is 0 Å². The summed E-state index contributed by atoms with van der Waals surface area (Å²) in [5.74, 6) is 2.43. The first-order valence-corrected chi connectivity index (χ1v) is 8.93. The predicted octanol–water partition coefficient (Wildman–Crippen LogP) is 0.680. The van der Waals surface area contributed by atoms with Gasteiger partial charge < -0.3 is 19.4 Å². The summed E-state index contributed by atoms with van der Waals surface area (Å²) in [6, 6.07) is 2.04. The van der Waals surface area contributed by atoms with Crippen molar-refractivity contribution < 1.29 is 9.53 Å². The highest BCUT2D eigenvalue weighted by atomic mass is 16.5. The van der Waals surface area contributed by atoms with Gasteiger partial charge in [0.05, 0.1) is 13.2 Å². The summed E-state index contributed by atoms with van der Waals surface area (Å²) in [5.41, 5.74) is 0.984. The molecule has 130 valence electrons. The third-order valence-corrected chi connectivity index (χ3v) is 4.96. The molecule has 7 nitrogen and oxygen atoms in total. The number of rotatable bonds is 3. The van der Waals surface area contributed by atoms with Crippen LogP contribution in [0.1, 0.15) is 18.5 Å². The molecule has 0 radical (unpaired) electrons. The van der Waals surface area contributed by atoms with Crippen molar-refractivity contribution in [2.24, 2.45) is 5.92 Å². The summed E-state index contributed by atoms with van der Waals surface area (Å²) in [7, 11) is 0. The van der Waals surface area contributed by atoms with E-state index in [-0.39, 0.29) is 0 Å². The van der Waals surface area contributed by atoms with Gasteiger partial charge in [-0.2, -0.15) is 4.98 Å². The Labute approximate surface area is 142 Å². The topological polar surface area (TPSA) is 61.8 Å². The highest BCUT2D eigenvalue weighted by Gasteiger charge is 2.34. The molecule has 3 heterocycles. The molecular weight excluding hydrogens is 306 g/mol. The summed E-state index contributed by atoms with van der Waals surface area (Å²) in [5, 5.41) is 0. The Morgan fingerprint density at radius 2 is 1.75 bits per heavy atom. The molecule has 0 N–H and O–H groups in total. The SMILES string of the molecule is Cc1cc(N2CCN(C(=O)C3CC3)CC2)nc(N2CCOCC2)n1. The molecule has 1 amide bonds. The van der Waals surface area contributed by atoms with Crippen LogP contribution in [0.2, 0.25) is 0 Å².